The first kappa shape index (κ1) is 14.4. The number of hydrazine groups is 1. The Kier molecular flexibility index (Phi) is 6.47. The number of nitrogens with zero attached hydrogens (tertiary/aromatic N) is 1. The third-order valence-electron chi connectivity index (χ3n) is 3.53. The number of nitrogens with two attached hydrogens (primary N) is 1. The Morgan fingerprint density at radius 3 is 3.00 bits per heavy atom. The van der Waals surface area contributed by atoms with Crippen LogP contribution in [-0.2, 0) is 4.79 Å². The summed E-state index contributed by atoms with van der Waals surface area (Å²) in [6.07, 6.45) is 5.85. The van der Waals surface area contributed by atoms with E-state index in [1.165, 1.54) is 0 Å². The number of carbonyl (C=O) groups is 1. The van der Waals surface area contributed by atoms with Gasteiger partial charge in [0, 0.05) is 12.6 Å². The van der Waals surface area contributed by atoms with Crippen LogP contribution >= 0.6 is 0 Å². The van der Waals surface area contributed by atoms with Crippen LogP contribution in [0.15, 0.2) is 0 Å². The molecule has 5 nitrogen and oxygen atoms in total. The van der Waals surface area contributed by atoms with Crippen molar-refractivity contribution in [3.8, 4) is 0 Å². The number of nitrogens with one attached hydrogen (secondary N) is 1. The maximum atomic E-state index is 11.8. The monoisotopic (exact) mass is 243 g/mol. The van der Waals surface area contributed by atoms with Crippen molar-refractivity contribution < 1.29 is 9.90 Å². The van der Waals surface area contributed by atoms with Gasteiger partial charge < -0.3 is 5.11 Å². The summed E-state index contributed by atoms with van der Waals surface area (Å²) in [6.45, 7) is 3.27. The van der Waals surface area contributed by atoms with Crippen LogP contribution in [0.4, 0.5) is 0 Å². The number of aliphatic hydroxyl groups is 1. The molecule has 0 aromatic rings. The Balaban J connectivity index is 2.60. The molecule has 0 spiro atoms. The van der Waals surface area contributed by atoms with Crippen LogP contribution in [-0.4, -0.2) is 41.1 Å². The van der Waals surface area contributed by atoms with E-state index in [1.54, 1.807) is 0 Å². The van der Waals surface area contributed by atoms with Crippen molar-refractivity contribution in [1.29, 1.82) is 0 Å². The Bertz CT molecular complexity index is 236. The normalized spacial score (nSPS) is 22.6. The summed E-state index contributed by atoms with van der Waals surface area (Å²) in [4.78, 5) is 14.0. The fourth-order valence-electron chi connectivity index (χ4n) is 2.72. The lowest BCUT2D eigenvalue weighted by molar-refractivity contribution is -0.127. The molecule has 1 heterocycles. The van der Waals surface area contributed by atoms with E-state index in [0.29, 0.717) is 6.04 Å². The minimum absolute atomic E-state index is 0.0808. The molecule has 0 bridgehead atoms. The third-order valence-corrected chi connectivity index (χ3v) is 3.53. The molecule has 4 N–H and O–H groups in total. The van der Waals surface area contributed by atoms with Gasteiger partial charge in [0.15, 0.2) is 0 Å². The van der Waals surface area contributed by atoms with Crippen molar-refractivity contribution in [1.82, 2.24) is 10.3 Å². The van der Waals surface area contributed by atoms with Crippen LogP contribution in [0.5, 0.6) is 0 Å². The molecular weight excluding hydrogens is 218 g/mol. The van der Waals surface area contributed by atoms with E-state index in [9.17, 15) is 4.79 Å². The fourth-order valence-corrected chi connectivity index (χ4v) is 2.72. The van der Waals surface area contributed by atoms with E-state index < -0.39 is 0 Å². The van der Waals surface area contributed by atoms with Crippen LogP contribution in [0.3, 0.4) is 0 Å². The van der Waals surface area contributed by atoms with Gasteiger partial charge in [0.1, 0.15) is 0 Å². The van der Waals surface area contributed by atoms with Crippen molar-refractivity contribution in [2.24, 2.45) is 5.84 Å². The second-order valence-electron chi connectivity index (χ2n) is 4.71. The third kappa shape index (κ3) is 3.94. The zero-order chi connectivity index (χ0) is 12.7. The predicted octanol–water partition coefficient (Wildman–Crippen LogP) is 0.382. The van der Waals surface area contributed by atoms with Crippen LogP contribution in [0.25, 0.3) is 0 Å². The van der Waals surface area contributed by atoms with Crippen LogP contribution in [0, 0.1) is 0 Å². The SMILES string of the molecule is CCCC(C(=O)NN)N1CCCC1CCCO. The number of aliphatic hydroxyl groups excluding tert-OH is 1. The Morgan fingerprint density at radius 2 is 2.41 bits per heavy atom. The summed E-state index contributed by atoms with van der Waals surface area (Å²) < 4.78 is 0. The molecule has 2 atom stereocenters. The highest BCUT2D eigenvalue weighted by Gasteiger charge is 2.33. The van der Waals surface area contributed by atoms with Crippen molar-refractivity contribution in [2.45, 2.75) is 57.5 Å². The van der Waals surface area contributed by atoms with Crippen LogP contribution in [0.2, 0.25) is 0 Å². The van der Waals surface area contributed by atoms with E-state index in [1.807, 2.05) is 0 Å². The first-order valence-corrected chi connectivity index (χ1v) is 6.61. The highest BCUT2D eigenvalue weighted by Crippen LogP contribution is 2.25. The number of amides is 1. The Morgan fingerprint density at radius 1 is 1.65 bits per heavy atom. The van der Waals surface area contributed by atoms with Crippen molar-refractivity contribution >= 4 is 5.91 Å². The molecule has 100 valence electrons. The Hall–Kier alpha value is -0.650. The molecule has 0 saturated carbocycles. The molecule has 0 aliphatic carbocycles. The zero-order valence-corrected chi connectivity index (χ0v) is 10.7. The fraction of sp³-hybridized carbons (Fsp3) is 0.917. The number of rotatable bonds is 7. The first-order valence-electron chi connectivity index (χ1n) is 6.61. The van der Waals surface area contributed by atoms with Gasteiger partial charge in [-0.3, -0.25) is 15.1 Å². The van der Waals surface area contributed by atoms with Gasteiger partial charge in [0.2, 0.25) is 0 Å². The molecule has 5 heteroatoms. The first-order chi connectivity index (χ1) is 8.24. The molecule has 0 aromatic heterocycles. The quantitative estimate of drug-likeness (QED) is 0.343. The Labute approximate surface area is 103 Å². The average molecular weight is 243 g/mol. The molecule has 2 unspecified atom stereocenters. The smallest absolute Gasteiger partial charge is 0.251 e. The zero-order valence-electron chi connectivity index (χ0n) is 10.7. The molecule has 1 aliphatic heterocycles. The van der Waals surface area contributed by atoms with Gasteiger partial charge in [-0.05, 0) is 38.6 Å². The molecule has 17 heavy (non-hydrogen) atoms. The van der Waals surface area contributed by atoms with E-state index in [2.05, 4.69) is 17.2 Å². The highest BCUT2D eigenvalue weighted by atomic mass is 16.3. The summed E-state index contributed by atoms with van der Waals surface area (Å²) in [5.41, 5.74) is 2.27. The van der Waals surface area contributed by atoms with Crippen LogP contribution in [0.1, 0.15) is 45.4 Å². The van der Waals surface area contributed by atoms with Gasteiger partial charge in [0.05, 0.1) is 6.04 Å². The largest absolute Gasteiger partial charge is 0.396 e. The summed E-state index contributed by atoms with van der Waals surface area (Å²) in [5.74, 6) is 5.17. The topological polar surface area (TPSA) is 78.6 Å². The van der Waals surface area contributed by atoms with Crippen molar-refractivity contribution in [3.05, 3.63) is 0 Å². The van der Waals surface area contributed by atoms with Crippen molar-refractivity contribution in [3.63, 3.8) is 0 Å². The van der Waals surface area contributed by atoms with E-state index in [4.69, 9.17) is 10.9 Å². The standard InChI is InChI=1S/C12H25N3O2/c1-2-5-11(12(17)14-13)15-8-3-6-10(15)7-4-9-16/h10-11,16H,2-9,13H2,1H3,(H,14,17). The molecule has 1 saturated heterocycles. The lowest BCUT2D eigenvalue weighted by Crippen LogP contribution is -2.50. The molecular formula is C12H25N3O2. The van der Waals surface area contributed by atoms with Gasteiger partial charge in [0.25, 0.3) is 5.91 Å². The lowest BCUT2D eigenvalue weighted by atomic mass is 10.0. The van der Waals surface area contributed by atoms with E-state index in [0.717, 1.165) is 45.1 Å². The average Bonchev–Trinajstić information content (AvgIpc) is 2.80. The summed E-state index contributed by atoms with van der Waals surface area (Å²) >= 11 is 0. The molecule has 1 rings (SSSR count). The van der Waals surface area contributed by atoms with E-state index >= 15 is 0 Å². The maximum Gasteiger partial charge on any atom is 0.251 e. The lowest BCUT2D eigenvalue weighted by Gasteiger charge is -2.31. The van der Waals surface area contributed by atoms with Gasteiger partial charge in [-0.25, -0.2) is 5.84 Å². The highest BCUT2D eigenvalue weighted by molar-refractivity contribution is 5.81. The van der Waals surface area contributed by atoms with Gasteiger partial charge in [-0.2, -0.15) is 0 Å². The number of hydrogen-bond donors (Lipinski definition) is 3. The van der Waals surface area contributed by atoms with E-state index in [-0.39, 0.29) is 18.6 Å². The van der Waals surface area contributed by atoms with Gasteiger partial charge >= 0.3 is 0 Å². The molecule has 1 fully saturated rings. The summed E-state index contributed by atoms with van der Waals surface area (Å²) in [6, 6.07) is 0.326. The summed E-state index contributed by atoms with van der Waals surface area (Å²) in [5, 5.41) is 8.89. The minimum Gasteiger partial charge on any atom is -0.396 e. The van der Waals surface area contributed by atoms with Gasteiger partial charge in [-0.15, -0.1) is 0 Å². The molecule has 0 radical (unpaired) electrons. The molecule has 1 aliphatic rings. The molecule has 0 aromatic carbocycles. The number of carbonyl (C=O) groups excluding carboxylic acids is 1. The predicted molar refractivity (Wildman–Crippen MR) is 67.1 cm³/mol. The van der Waals surface area contributed by atoms with Crippen LogP contribution < -0.4 is 11.3 Å². The number of hydrogen-bond acceptors (Lipinski definition) is 4. The second-order valence-corrected chi connectivity index (χ2v) is 4.71. The maximum absolute atomic E-state index is 11.8. The second kappa shape index (κ2) is 7.63. The minimum atomic E-state index is -0.101. The van der Waals surface area contributed by atoms with Gasteiger partial charge in [-0.1, -0.05) is 13.3 Å². The molecule has 1 amide bonds. The van der Waals surface area contributed by atoms with Crippen molar-refractivity contribution in [2.75, 3.05) is 13.2 Å². The summed E-state index contributed by atoms with van der Waals surface area (Å²) in [7, 11) is 0. The number of likely N-dealkylation sites (tertiary alicyclic amines) is 1.